The summed E-state index contributed by atoms with van der Waals surface area (Å²) in [6.45, 7) is 0.215. The molecule has 3 rings (SSSR count). The average molecular weight is 391 g/mol. The number of rotatable bonds is 6. The van der Waals surface area contributed by atoms with Crippen LogP contribution in [-0.4, -0.2) is 38.4 Å². The molecule has 0 radical (unpaired) electrons. The van der Waals surface area contributed by atoms with Crippen molar-refractivity contribution in [3.8, 4) is 5.69 Å². The van der Waals surface area contributed by atoms with Crippen molar-refractivity contribution in [1.82, 2.24) is 19.7 Å². The Hall–Kier alpha value is -2.38. The number of carbonyl (C=O) groups excluding carboxylic acids is 1. The molecule has 0 unspecified atom stereocenters. The Bertz CT molecular complexity index is 917. The van der Waals surface area contributed by atoms with Gasteiger partial charge in [0.2, 0.25) is 5.91 Å². The van der Waals surface area contributed by atoms with E-state index in [-0.39, 0.29) is 24.0 Å². The van der Waals surface area contributed by atoms with Gasteiger partial charge in [0.15, 0.2) is 5.16 Å². The number of benzene rings is 2. The van der Waals surface area contributed by atoms with E-state index in [9.17, 15) is 9.18 Å². The van der Waals surface area contributed by atoms with Gasteiger partial charge < -0.3 is 4.90 Å². The van der Waals surface area contributed by atoms with E-state index in [1.807, 2.05) is 12.1 Å². The second-order valence-electron chi connectivity index (χ2n) is 5.59. The molecule has 0 saturated carbocycles. The predicted molar refractivity (Wildman–Crippen MR) is 100.0 cm³/mol. The monoisotopic (exact) mass is 390 g/mol. The van der Waals surface area contributed by atoms with Crippen LogP contribution in [0.3, 0.4) is 0 Å². The molecule has 3 aromatic rings. The highest BCUT2D eigenvalue weighted by molar-refractivity contribution is 7.99. The van der Waals surface area contributed by atoms with E-state index >= 15 is 0 Å². The number of amides is 1. The molecule has 0 aliphatic rings. The van der Waals surface area contributed by atoms with Gasteiger partial charge in [0.25, 0.3) is 0 Å². The molecule has 26 heavy (non-hydrogen) atoms. The van der Waals surface area contributed by atoms with E-state index in [0.29, 0.717) is 15.7 Å². The highest BCUT2D eigenvalue weighted by atomic mass is 35.5. The van der Waals surface area contributed by atoms with Crippen molar-refractivity contribution in [1.29, 1.82) is 0 Å². The van der Waals surface area contributed by atoms with E-state index in [1.54, 1.807) is 48.3 Å². The molecule has 1 aromatic heterocycles. The Morgan fingerprint density at radius 3 is 2.85 bits per heavy atom. The number of aromatic nitrogens is 3. The Morgan fingerprint density at radius 1 is 1.27 bits per heavy atom. The van der Waals surface area contributed by atoms with Crippen molar-refractivity contribution < 1.29 is 9.18 Å². The van der Waals surface area contributed by atoms with Crippen LogP contribution in [0.4, 0.5) is 4.39 Å². The van der Waals surface area contributed by atoms with Gasteiger partial charge in [0.1, 0.15) is 12.1 Å². The van der Waals surface area contributed by atoms with Crippen LogP contribution in [0.2, 0.25) is 5.02 Å². The maximum Gasteiger partial charge on any atom is 0.233 e. The minimum atomic E-state index is -0.319. The van der Waals surface area contributed by atoms with Crippen molar-refractivity contribution in [2.45, 2.75) is 11.7 Å². The van der Waals surface area contributed by atoms with Crippen LogP contribution in [0.15, 0.2) is 60.0 Å². The topological polar surface area (TPSA) is 51.0 Å². The van der Waals surface area contributed by atoms with Crippen LogP contribution in [-0.2, 0) is 11.3 Å². The highest BCUT2D eigenvalue weighted by Crippen LogP contribution is 2.22. The second kappa shape index (κ2) is 8.33. The zero-order valence-corrected chi connectivity index (χ0v) is 15.5. The van der Waals surface area contributed by atoms with E-state index in [4.69, 9.17) is 11.6 Å². The van der Waals surface area contributed by atoms with Crippen molar-refractivity contribution in [2.75, 3.05) is 12.8 Å². The van der Waals surface area contributed by atoms with Crippen LogP contribution in [0.1, 0.15) is 5.56 Å². The Balaban J connectivity index is 1.63. The van der Waals surface area contributed by atoms with E-state index in [0.717, 1.165) is 5.69 Å². The maximum absolute atomic E-state index is 13.7. The predicted octanol–water partition coefficient (Wildman–Crippen LogP) is 3.81. The van der Waals surface area contributed by atoms with Crippen molar-refractivity contribution >= 4 is 29.3 Å². The number of thioether (sulfide) groups is 1. The molecule has 134 valence electrons. The van der Waals surface area contributed by atoms with E-state index < -0.39 is 0 Å². The van der Waals surface area contributed by atoms with Crippen molar-refractivity contribution in [2.24, 2.45) is 0 Å². The molecule has 0 atom stereocenters. The van der Waals surface area contributed by atoms with E-state index in [1.165, 1.54) is 22.7 Å². The van der Waals surface area contributed by atoms with Crippen LogP contribution >= 0.6 is 23.4 Å². The fraction of sp³-hybridized carbons (Fsp3) is 0.167. The third-order valence-corrected chi connectivity index (χ3v) is 4.88. The van der Waals surface area contributed by atoms with Gasteiger partial charge in [-0.15, -0.1) is 10.2 Å². The highest BCUT2D eigenvalue weighted by Gasteiger charge is 2.15. The first kappa shape index (κ1) is 18.4. The third-order valence-electron chi connectivity index (χ3n) is 3.72. The van der Waals surface area contributed by atoms with Crippen molar-refractivity contribution in [3.63, 3.8) is 0 Å². The molecule has 5 nitrogen and oxygen atoms in total. The van der Waals surface area contributed by atoms with Gasteiger partial charge >= 0.3 is 0 Å². The fourth-order valence-corrected chi connectivity index (χ4v) is 3.39. The summed E-state index contributed by atoms with van der Waals surface area (Å²) < 4.78 is 15.5. The molecule has 0 fully saturated rings. The van der Waals surface area contributed by atoms with Gasteiger partial charge in [0, 0.05) is 24.2 Å². The lowest BCUT2D eigenvalue weighted by Gasteiger charge is -2.17. The molecule has 8 heteroatoms. The van der Waals surface area contributed by atoms with Crippen LogP contribution in [0.25, 0.3) is 5.69 Å². The lowest BCUT2D eigenvalue weighted by Crippen LogP contribution is -2.28. The Kier molecular flexibility index (Phi) is 5.90. The van der Waals surface area contributed by atoms with Crippen LogP contribution < -0.4 is 0 Å². The smallest absolute Gasteiger partial charge is 0.233 e. The minimum absolute atomic E-state index is 0.126. The zero-order valence-electron chi connectivity index (χ0n) is 14.0. The number of carbonyl (C=O) groups is 1. The molecule has 1 heterocycles. The van der Waals surface area contributed by atoms with Crippen molar-refractivity contribution in [3.05, 3.63) is 71.3 Å². The van der Waals surface area contributed by atoms with Gasteiger partial charge in [0.05, 0.1) is 11.4 Å². The average Bonchev–Trinajstić information content (AvgIpc) is 3.10. The summed E-state index contributed by atoms with van der Waals surface area (Å²) in [7, 11) is 1.65. The van der Waals surface area contributed by atoms with Gasteiger partial charge in [-0.05, 0) is 24.3 Å². The van der Waals surface area contributed by atoms with Gasteiger partial charge in [-0.3, -0.25) is 9.36 Å². The third kappa shape index (κ3) is 4.42. The van der Waals surface area contributed by atoms with Crippen LogP contribution in [0, 0.1) is 5.82 Å². The maximum atomic E-state index is 13.7. The number of halogens is 2. The SMILES string of the molecule is CN(Cc1ccccc1F)C(=O)CSc1nncn1-c1cccc(Cl)c1. The first-order valence-corrected chi connectivity index (χ1v) is 9.17. The Labute approximate surface area is 159 Å². The zero-order chi connectivity index (χ0) is 18.5. The first-order valence-electron chi connectivity index (χ1n) is 7.80. The van der Waals surface area contributed by atoms with Gasteiger partial charge in [-0.25, -0.2) is 4.39 Å². The summed E-state index contributed by atoms with van der Waals surface area (Å²) in [6.07, 6.45) is 1.57. The fourth-order valence-electron chi connectivity index (χ4n) is 2.33. The molecule has 0 aliphatic carbocycles. The minimum Gasteiger partial charge on any atom is -0.341 e. The molecule has 0 N–H and O–H groups in total. The lowest BCUT2D eigenvalue weighted by molar-refractivity contribution is -0.127. The standard InChI is InChI=1S/C18H16ClFN4OS/c1-23(10-13-5-2-3-8-16(13)20)17(25)11-26-18-22-21-12-24(18)15-7-4-6-14(19)9-15/h2-9,12H,10-11H2,1H3. The number of hydrogen-bond donors (Lipinski definition) is 0. The number of nitrogens with zero attached hydrogens (tertiary/aromatic N) is 4. The largest absolute Gasteiger partial charge is 0.341 e. The number of hydrogen-bond acceptors (Lipinski definition) is 4. The molecule has 0 aliphatic heterocycles. The summed E-state index contributed by atoms with van der Waals surface area (Å²) in [5, 5.41) is 9.15. The quantitative estimate of drug-likeness (QED) is 0.600. The van der Waals surface area contributed by atoms with Gasteiger partial charge in [-0.1, -0.05) is 47.6 Å². The summed E-state index contributed by atoms with van der Waals surface area (Å²) in [5.74, 6) is -0.274. The summed E-state index contributed by atoms with van der Waals surface area (Å²) in [4.78, 5) is 13.9. The molecular weight excluding hydrogens is 375 g/mol. The molecule has 0 spiro atoms. The molecule has 1 amide bonds. The lowest BCUT2D eigenvalue weighted by atomic mass is 10.2. The summed E-state index contributed by atoms with van der Waals surface area (Å²) in [6, 6.07) is 13.7. The van der Waals surface area contributed by atoms with E-state index in [2.05, 4.69) is 10.2 Å². The van der Waals surface area contributed by atoms with Gasteiger partial charge in [-0.2, -0.15) is 0 Å². The summed E-state index contributed by atoms with van der Waals surface area (Å²) in [5.41, 5.74) is 1.30. The summed E-state index contributed by atoms with van der Waals surface area (Å²) >= 11 is 7.29. The van der Waals surface area contributed by atoms with Crippen LogP contribution in [0.5, 0.6) is 0 Å². The Morgan fingerprint density at radius 2 is 2.08 bits per heavy atom. The molecule has 0 bridgehead atoms. The molecule has 2 aromatic carbocycles. The first-order chi connectivity index (χ1) is 12.5. The second-order valence-corrected chi connectivity index (χ2v) is 6.97. The molecule has 0 saturated heterocycles. The normalized spacial score (nSPS) is 10.7. The molecular formula is C18H16ClFN4OS.